The third-order valence-corrected chi connectivity index (χ3v) is 2.70. The number of pyridine rings is 1. The molecule has 0 aromatic carbocycles. The lowest BCUT2D eigenvalue weighted by Crippen LogP contribution is -2.14. The average molecular weight is 282 g/mol. The van der Waals surface area contributed by atoms with Gasteiger partial charge < -0.3 is 0 Å². The minimum absolute atomic E-state index is 0.0710. The Morgan fingerprint density at radius 1 is 1.50 bits per heavy atom. The van der Waals surface area contributed by atoms with Crippen molar-refractivity contribution >= 4 is 15.9 Å². The molecule has 1 N–H and O–H groups in total. The van der Waals surface area contributed by atoms with Gasteiger partial charge in [0.05, 0.1) is 0 Å². The summed E-state index contributed by atoms with van der Waals surface area (Å²) in [6, 6.07) is 5.26. The maximum Gasteiger partial charge on any atom is 0.272 e. The van der Waals surface area contributed by atoms with Gasteiger partial charge in [-0.3, -0.25) is 9.89 Å². The van der Waals surface area contributed by atoms with E-state index in [2.05, 4.69) is 32.9 Å². The molecule has 0 radical (unpaired) electrons. The van der Waals surface area contributed by atoms with Crippen LogP contribution in [0.15, 0.2) is 33.7 Å². The van der Waals surface area contributed by atoms with Crippen LogP contribution >= 0.6 is 15.9 Å². The van der Waals surface area contributed by atoms with Crippen LogP contribution in [-0.4, -0.2) is 14.8 Å². The van der Waals surface area contributed by atoms with Gasteiger partial charge >= 0.3 is 0 Å². The maximum absolute atomic E-state index is 11.7. The lowest BCUT2D eigenvalue weighted by Gasteiger charge is -2.00. The van der Waals surface area contributed by atoms with Crippen molar-refractivity contribution in [3.63, 3.8) is 0 Å². The number of aromatic amines is 1. The van der Waals surface area contributed by atoms with Crippen molar-refractivity contribution in [1.82, 2.24) is 14.8 Å². The molecule has 0 amide bonds. The van der Waals surface area contributed by atoms with E-state index in [4.69, 9.17) is 0 Å². The number of aromatic nitrogens is 3. The fourth-order valence-corrected chi connectivity index (χ4v) is 1.75. The van der Waals surface area contributed by atoms with E-state index in [0.29, 0.717) is 5.82 Å². The third-order valence-electron chi connectivity index (χ3n) is 2.23. The highest BCUT2D eigenvalue weighted by molar-refractivity contribution is 9.10. The second-order valence-corrected chi connectivity index (χ2v) is 4.46. The molecule has 0 aliphatic rings. The van der Waals surface area contributed by atoms with Crippen molar-refractivity contribution in [3.8, 4) is 5.82 Å². The van der Waals surface area contributed by atoms with E-state index in [1.165, 1.54) is 4.68 Å². The van der Waals surface area contributed by atoms with Crippen LogP contribution in [0.5, 0.6) is 0 Å². The first-order chi connectivity index (χ1) is 7.70. The van der Waals surface area contributed by atoms with Gasteiger partial charge in [0.2, 0.25) is 0 Å². The van der Waals surface area contributed by atoms with Gasteiger partial charge in [-0.15, -0.1) is 0 Å². The van der Waals surface area contributed by atoms with E-state index in [1.807, 2.05) is 6.07 Å². The van der Waals surface area contributed by atoms with Crippen LogP contribution in [0.25, 0.3) is 5.82 Å². The second-order valence-electron chi connectivity index (χ2n) is 3.54. The maximum atomic E-state index is 11.7. The molecule has 0 saturated carbocycles. The van der Waals surface area contributed by atoms with Crippen molar-refractivity contribution in [3.05, 3.63) is 44.9 Å². The van der Waals surface area contributed by atoms with Crippen molar-refractivity contribution in [2.24, 2.45) is 0 Å². The molecule has 2 heterocycles. The van der Waals surface area contributed by atoms with Gasteiger partial charge in [0.25, 0.3) is 5.56 Å². The quantitative estimate of drug-likeness (QED) is 0.938. The molecule has 2 aromatic heterocycles. The van der Waals surface area contributed by atoms with Crippen LogP contribution in [0.3, 0.4) is 0 Å². The fraction of sp³-hybridized carbons (Fsp3) is 0.273. The number of nitrogens with one attached hydrogen (secondary N) is 1. The molecule has 0 unspecified atom stereocenters. The molecule has 84 valence electrons. The Labute approximate surface area is 101 Å². The zero-order valence-electron chi connectivity index (χ0n) is 8.90. The van der Waals surface area contributed by atoms with Crippen LogP contribution in [-0.2, 0) is 6.42 Å². The first-order valence-corrected chi connectivity index (χ1v) is 5.93. The van der Waals surface area contributed by atoms with E-state index < -0.39 is 0 Å². The highest BCUT2D eigenvalue weighted by Gasteiger charge is 2.05. The summed E-state index contributed by atoms with van der Waals surface area (Å²) in [4.78, 5) is 15.8. The molecular weight excluding hydrogens is 270 g/mol. The molecule has 0 aliphatic carbocycles. The summed E-state index contributed by atoms with van der Waals surface area (Å²) >= 11 is 3.31. The van der Waals surface area contributed by atoms with Crippen molar-refractivity contribution in [2.45, 2.75) is 19.8 Å². The summed E-state index contributed by atoms with van der Waals surface area (Å²) in [5.41, 5.74) is 0.871. The van der Waals surface area contributed by atoms with Gasteiger partial charge in [-0.2, -0.15) is 0 Å². The van der Waals surface area contributed by atoms with Gasteiger partial charge in [0, 0.05) is 22.4 Å². The molecule has 0 saturated heterocycles. The van der Waals surface area contributed by atoms with E-state index in [-0.39, 0.29) is 5.56 Å². The molecule has 0 aliphatic heterocycles. The van der Waals surface area contributed by atoms with E-state index >= 15 is 0 Å². The summed E-state index contributed by atoms with van der Waals surface area (Å²) in [5.74, 6) is 0.607. The van der Waals surface area contributed by atoms with E-state index in [9.17, 15) is 4.79 Å². The fourth-order valence-electron chi connectivity index (χ4n) is 1.51. The number of halogens is 1. The largest absolute Gasteiger partial charge is 0.294 e. The predicted molar refractivity (Wildman–Crippen MR) is 65.9 cm³/mol. The first kappa shape index (κ1) is 11.1. The molecule has 0 fully saturated rings. The van der Waals surface area contributed by atoms with Gasteiger partial charge in [-0.05, 0) is 34.5 Å². The highest BCUT2D eigenvalue weighted by Crippen LogP contribution is 2.09. The second kappa shape index (κ2) is 4.65. The summed E-state index contributed by atoms with van der Waals surface area (Å²) in [5, 5.41) is 3.04. The molecule has 2 rings (SSSR count). The average Bonchev–Trinajstić information content (AvgIpc) is 2.61. The van der Waals surface area contributed by atoms with Gasteiger partial charge in [0.1, 0.15) is 0 Å². The van der Waals surface area contributed by atoms with Gasteiger partial charge in [0.15, 0.2) is 5.82 Å². The predicted octanol–water partition coefficient (Wildman–Crippen LogP) is 2.28. The lowest BCUT2D eigenvalue weighted by atomic mass is 10.3. The molecular formula is C11H12BrN3O. The van der Waals surface area contributed by atoms with E-state index in [1.54, 1.807) is 18.3 Å². The Bertz CT molecular complexity index is 527. The van der Waals surface area contributed by atoms with Crippen molar-refractivity contribution in [1.29, 1.82) is 0 Å². The molecule has 0 atom stereocenters. The summed E-state index contributed by atoms with van der Waals surface area (Å²) in [7, 11) is 0. The smallest absolute Gasteiger partial charge is 0.272 e. The summed E-state index contributed by atoms with van der Waals surface area (Å²) in [6.45, 7) is 2.08. The Morgan fingerprint density at radius 3 is 2.94 bits per heavy atom. The Morgan fingerprint density at radius 2 is 2.31 bits per heavy atom. The highest BCUT2D eigenvalue weighted by atomic mass is 79.9. The lowest BCUT2D eigenvalue weighted by molar-refractivity contribution is 0.775. The number of rotatable bonds is 3. The zero-order chi connectivity index (χ0) is 11.5. The number of H-pyrrole nitrogens is 1. The van der Waals surface area contributed by atoms with Crippen LogP contribution < -0.4 is 5.56 Å². The molecule has 16 heavy (non-hydrogen) atoms. The Balaban J connectivity index is 2.40. The third kappa shape index (κ3) is 2.24. The van der Waals surface area contributed by atoms with Crippen LogP contribution in [0.2, 0.25) is 0 Å². The number of nitrogens with zero attached hydrogens (tertiary/aromatic N) is 2. The minimum atomic E-state index is -0.0710. The number of aryl methyl sites for hydroxylation is 1. The van der Waals surface area contributed by atoms with Crippen molar-refractivity contribution in [2.75, 3.05) is 0 Å². The zero-order valence-corrected chi connectivity index (χ0v) is 10.5. The molecule has 0 spiro atoms. The normalized spacial score (nSPS) is 10.6. The summed E-state index contributed by atoms with van der Waals surface area (Å²) in [6.07, 6.45) is 3.55. The van der Waals surface area contributed by atoms with E-state index in [0.717, 1.165) is 23.0 Å². The first-order valence-electron chi connectivity index (χ1n) is 5.13. The molecule has 2 aromatic rings. The van der Waals surface area contributed by atoms with Gasteiger partial charge in [-0.25, -0.2) is 9.67 Å². The van der Waals surface area contributed by atoms with Crippen LogP contribution in [0.1, 0.15) is 19.0 Å². The SMILES string of the molecule is CCCc1cc(=O)n(-c2ccc(Br)cn2)[nH]1. The number of hydrogen-bond donors (Lipinski definition) is 1. The van der Waals surface area contributed by atoms with Crippen LogP contribution in [0.4, 0.5) is 0 Å². The monoisotopic (exact) mass is 281 g/mol. The standard InChI is InChI=1S/C11H12BrN3O/c1-2-3-9-6-11(16)15(14-9)10-5-4-8(12)7-13-10/h4-7,14H,2-3H2,1H3. The van der Waals surface area contributed by atoms with Crippen LogP contribution in [0, 0.1) is 0 Å². The molecule has 5 heteroatoms. The Kier molecular flexibility index (Phi) is 3.24. The Hall–Kier alpha value is -1.36. The van der Waals surface area contributed by atoms with Gasteiger partial charge in [-0.1, -0.05) is 13.3 Å². The molecule has 4 nitrogen and oxygen atoms in total. The summed E-state index contributed by atoms with van der Waals surface area (Å²) < 4.78 is 2.35. The topological polar surface area (TPSA) is 50.7 Å². The number of hydrogen-bond acceptors (Lipinski definition) is 2. The molecule has 0 bridgehead atoms. The van der Waals surface area contributed by atoms with Crippen molar-refractivity contribution < 1.29 is 0 Å². The minimum Gasteiger partial charge on any atom is -0.294 e.